The van der Waals surface area contributed by atoms with Crippen molar-refractivity contribution in [3.63, 3.8) is 0 Å². The van der Waals surface area contributed by atoms with Crippen molar-refractivity contribution >= 4 is 11.6 Å². The third-order valence-corrected chi connectivity index (χ3v) is 3.80. The van der Waals surface area contributed by atoms with E-state index in [0.717, 1.165) is 28.3 Å². The third-order valence-electron chi connectivity index (χ3n) is 3.80. The molecule has 0 amide bonds. The van der Waals surface area contributed by atoms with Crippen molar-refractivity contribution < 1.29 is 14.2 Å². The van der Waals surface area contributed by atoms with Gasteiger partial charge in [-0.15, -0.1) is 0 Å². The summed E-state index contributed by atoms with van der Waals surface area (Å²) in [5, 5.41) is 3.11. The molecule has 0 aromatic heterocycles. The molecular weight excluding hydrogens is 342 g/mol. The number of hydrogen-bond acceptors (Lipinski definition) is 4. The normalized spacial score (nSPS) is 11.2. The number of nitrogens with two attached hydrogens (primary N) is 1. The lowest BCUT2D eigenvalue weighted by atomic mass is 10.1. The fourth-order valence-corrected chi connectivity index (χ4v) is 2.63. The van der Waals surface area contributed by atoms with Crippen molar-refractivity contribution in [1.29, 1.82) is 0 Å². The quantitative estimate of drug-likeness (QED) is 0.512. The molecule has 0 unspecified atom stereocenters. The molecule has 6 nitrogen and oxygen atoms in total. The Morgan fingerprint density at radius 3 is 2.26 bits per heavy atom. The highest BCUT2D eigenvalue weighted by atomic mass is 16.5. The smallest absolute Gasteiger partial charge is 0.193 e. The van der Waals surface area contributed by atoms with Crippen LogP contribution in [0.4, 0.5) is 5.69 Å². The van der Waals surface area contributed by atoms with E-state index in [2.05, 4.69) is 16.4 Å². The second kappa shape index (κ2) is 10.3. The molecule has 2 rings (SSSR count). The van der Waals surface area contributed by atoms with Crippen molar-refractivity contribution in [3.8, 4) is 17.2 Å². The van der Waals surface area contributed by atoms with Gasteiger partial charge in [0.1, 0.15) is 17.2 Å². The maximum atomic E-state index is 6.08. The van der Waals surface area contributed by atoms with Gasteiger partial charge in [0.15, 0.2) is 5.96 Å². The molecule has 2 aromatic carbocycles. The minimum absolute atomic E-state index is 0.316. The fourth-order valence-electron chi connectivity index (χ4n) is 2.63. The number of nitrogens with one attached hydrogen (secondary N) is 1. The monoisotopic (exact) mass is 371 g/mol. The first kappa shape index (κ1) is 20.4. The number of guanidine groups is 1. The Bertz CT molecular complexity index is 775. The van der Waals surface area contributed by atoms with Crippen LogP contribution in [-0.2, 0) is 6.54 Å². The van der Waals surface area contributed by atoms with Gasteiger partial charge >= 0.3 is 0 Å². The number of aryl methyl sites for hydroxylation is 1. The van der Waals surface area contributed by atoms with E-state index in [-0.39, 0.29) is 0 Å². The first-order valence-electron chi connectivity index (χ1n) is 9.26. The van der Waals surface area contributed by atoms with E-state index in [4.69, 9.17) is 19.9 Å². The summed E-state index contributed by atoms with van der Waals surface area (Å²) in [6, 6.07) is 11.6. The second-order valence-corrected chi connectivity index (χ2v) is 5.88. The van der Waals surface area contributed by atoms with Gasteiger partial charge in [0, 0.05) is 6.07 Å². The molecule has 3 N–H and O–H groups in total. The molecule has 0 saturated carbocycles. The van der Waals surface area contributed by atoms with Crippen molar-refractivity contribution in [3.05, 3.63) is 47.5 Å². The average molecular weight is 371 g/mol. The van der Waals surface area contributed by atoms with Crippen LogP contribution in [-0.4, -0.2) is 25.8 Å². The minimum Gasteiger partial charge on any atom is -0.494 e. The molecule has 0 saturated heterocycles. The Hall–Kier alpha value is -2.89. The fraction of sp³-hybridized carbons (Fsp3) is 0.381. The van der Waals surface area contributed by atoms with E-state index in [9.17, 15) is 0 Å². The van der Waals surface area contributed by atoms with E-state index < -0.39 is 0 Å². The summed E-state index contributed by atoms with van der Waals surface area (Å²) in [4.78, 5) is 4.43. The standard InChI is InChI=1S/C21H29N3O3/c1-5-25-17-9-11-20(27-7-3)18(13-17)24-21(22)23-14-16-8-10-19(26-6-2)15(4)12-16/h8-13H,5-7,14H2,1-4H3,(H3,22,23,24). The molecule has 0 aliphatic heterocycles. The van der Waals surface area contributed by atoms with Crippen LogP contribution >= 0.6 is 0 Å². The third kappa shape index (κ3) is 6.09. The highest BCUT2D eigenvalue weighted by Crippen LogP contribution is 2.29. The number of ether oxygens (including phenoxy) is 3. The Labute approximate surface area is 161 Å². The average Bonchev–Trinajstić information content (AvgIpc) is 2.65. The number of aliphatic imine (C=N–C) groups is 1. The van der Waals surface area contributed by atoms with Crippen LogP contribution in [0.2, 0.25) is 0 Å². The zero-order valence-electron chi connectivity index (χ0n) is 16.5. The molecule has 0 aliphatic carbocycles. The lowest BCUT2D eigenvalue weighted by molar-refractivity contribution is 0.332. The summed E-state index contributed by atoms with van der Waals surface area (Å²) in [7, 11) is 0. The van der Waals surface area contributed by atoms with Gasteiger partial charge in [-0.2, -0.15) is 0 Å². The van der Waals surface area contributed by atoms with Crippen molar-refractivity contribution in [2.24, 2.45) is 10.7 Å². The maximum Gasteiger partial charge on any atom is 0.193 e. The lowest BCUT2D eigenvalue weighted by Crippen LogP contribution is -2.23. The summed E-state index contributed by atoms with van der Waals surface area (Å²) >= 11 is 0. The van der Waals surface area contributed by atoms with E-state index in [1.165, 1.54) is 0 Å². The van der Waals surface area contributed by atoms with Crippen LogP contribution < -0.4 is 25.3 Å². The molecule has 0 spiro atoms. The van der Waals surface area contributed by atoms with E-state index in [1.54, 1.807) is 0 Å². The largest absolute Gasteiger partial charge is 0.494 e. The molecule has 0 aliphatic rings. The van der Waals surface area contributed by atoms with Crippen LogP contribution in [0.1, 0.15) is 31.9 Å². The zero-order chi connectivity index (χ0) is 19.6. The number of hydrogen-bond donors (Lipinski definition) is 2. The Balaban J connectivity index is 2.10. The molecule has 2 aromatic rings. The van der Waals surface area contributed by atoms with Gasteiger partial charge in [-0.1, -0.05) is 12.1 Å². The minimum atomic E-state index is 0.316. The van der Waals surface area contributed by atoms with Crippen LogP contribution in [0.15, 0.2) is 41.4 Å². The maximum absolute atomic E-state index is 6.08. The second-order valence-electron chi connectivity index (χ2n) is 5.88. The van der Waals surface area contributed by atoms with Gasteiger partial charge in [0.2, 0.25) is 0 Å². The number of benzene rings is 2. The molecule has 146 valence electrons. The molecule has 0 radical (unpaired) electrons. The molecule has 0 atom stereocenters. The first-order valence-corrected chi connectivity index (χ1v) is 9.26. The Morgan fingerprint density at radius 1 is 0.926 bits per heavy atom. The lowest BCUT2D eigenvalue weighted by Gasteiger charge is -2.14. The predicted molar refractivity (Wildman–Crippen MR) is 110 cm³/mol. The topological polar surface area (TPSA) is 78.1 Å². The van der Waals surface area contributed by atoms with Gasteiger partial charge in [-0.25, -0.2) is 4.99 Å². The molecule has 6 heteroatoms. The van der Waals surface area contributed by atoms with E-state index >= 15 is 0 Å². The summed E-state index contributed by atoms with van der Waals surface area (Å²) in [5.74, 6) is 2.66. The molecule has 0 heterocycles. The zero-order valence-corrected chi connectivity index (χ0v) is 16.5. The van der Waals surface area contributed by atoms with Crippen LogP contribution in [0, 0.1) is 6.92 Å². The Kier molecular flexibility index (Phi) is 7.79. The van der Waals surface area contributed by atoms with E-state index in [1.807, 2.05) is 58.0 Å². The van der Waals surface area contributed by atoms with Crippen LogP contribution in [0.3, 0.4) is 0 Å². The van der Waals surface area contributed by atoms with Crippen LogP contribution in [0.5, 0.6) is 17.2 Å². The Morgan fingerprint density at radius 2 is 1.59 bits per heavy atom. The van der Waals surface area contributed by atoms with E-state index in [0.29, 0.717) is 38.1 Å². The van der Waals surface area contributed by atoms with Gasteiger partial charge in [0.25, 0.3) is 0 Å². The molecular formula is C21H29N3O3. The summed E-state index contributed by atoms with van der Waals surface area (Å²) in [6.07, 6.45) is 0. The van der Waals surface area contributed by atoms with Gasteiger partial charge in [-0.3, -0.25) is 0 Å². The van der Waals surface area contributed by atoms with Gasteiger partial charge < -0.3 is 25.3 Å². The van der Waals surface area contributed by atoms with Crippen LogP contribution in [0.25, 0.3) is 0 Å². The summed E-state index contributed by atoms with van der Waals surface area (Å²) < 4.78 is 16.8. The van der Waals surface area contributed by atoms with Gasteiger partial charge in [-0.05, 0) is 57.0 Å². The highest BCUT2D eigenvalue weighted by molar-refractivity contribution is 5.94. The first-order chi connectivity index (χ1) is 13.1. The SMILES string of the molecule is CCOc1ccc(OCC)c(NC(N)=NCc2ccc(OCC)c(C)c2)c1. The predicted octanol–water partition coefficient (Wildman–Crippen LogP) is 4.12. The number of rotatable bonds is 9. The molecule has 0 bridgehead atoms. The van der Waals surface area contributed by atoms with Gasteiger partial charge in [0.05, 0.1) is 32.1 Å². The van der Waals surface area contributed by atoms with Crippen molar-refractivity contribution in [1.82, 2.24) is 0 Å². The summed E-state index contributed by atoms with van der Waals surface area (Å²) in [6.45, 7) is 10.2. The van der Waals surface area contributed by atoms with Crippen molar-refractivity contribution in [2.45, 2.75) is 34.2 Å². The highest BCUT2D eigenvalue weighted by Gasteiger charge is 2.07. The van der Waals surface area contributed by atoms with Crippen molar-refractivity contribution in [2.75, 3.05) is 25.1 Å². The molecule has 27 heavy (non-hydrogen) atoms. The molecule has 0 fully saturated rings. The summed E-state index contributed by atoms with van der Waals surface area (Å²) in [5.41, 5.74) is 8.95. The number of nitrogens with zero attached hydrogens (tertiary/aromatic N) is 1. The number of anilines is 1.